The monoisotopic (exact) mass is 236 g/mol. The molecule has 2 N–H and O–H groups in total. The molecule has 86 valence electrons. The summed E-state index contributed by atoms with van der Waals surface area (Å²) in [5.74, 6) is 0.461. The number of nitrogens with two attached hydrogens (primary N) is 1. The quantitative estimate of drug-likeness (QED) is 0.854. The van der Waals surface area contributed by atoms with Gasteiger partial charge < -0.3 is 5.73 Å². The van der Waals surface area contributed by atoms with Gasteiger partial charge in [0.2, 0.25) is 0 Å². The molecule has 0 amide bonds. The van der Waals surface area contributed by atoms with Crippen molar-refractivity contribution in [3.05, 3.63) is 34.3 Å². The van der Waals surface area contributed by atoms with Crippen LogP contribution in [0.4, 0.5) is 0 Å². The first kappa shape index (κ1) is 10.6. The van der Waals surface area contributed by atoms with E-state index >= 15 is 0 Å². The molecule has 0 bridgehead atoms. The summed E-state index contributed by atoms with van der Waals surface area (Å²) in [6.45, 7) is 2.90. The fraction of sp³-hybridized carbons (Fsp3) is 0.538. The lowest BCUT2D eigenvalue weighted by atomic mass is 9.89. The van der Waals surface area contributed by atoms with E-state index in [9.17, 15) is 0 Å². The Balaban J connectivity index is 1.93. The maximum Gasteiger partial charge on any atom is 0.0409 e. The number of halogens is 1. The van der Waals surface area contributed by atoms with Crippen LogP contribution >= 0.6 is 11.6 Å². The molecule has 1 atom stereocenters. The average Bonchev–Trinajstić information content (AvgIpc) is 3.11. The maximum atomic E-state index is 6.06. The molecule has 1 saturated carbocycles. The predicted octanol–water partition coefficient (Wildman–Crippen LogP) is 2.36. The Kier molecular flexibility index (Phi) is 2.66. The van der Waals surface area contributed by atoms with Gasteiger partial charge in [-0.15, -0.1) is 0 Å². The number of hydrogen-bond acceptors (Lipinski definition) is 2. The summed E-state index contributed by atoms with van der Waals surface area (Å²) >= 11 is 6.06. The summed E-state index contributed by atoms with van der Waals surface area (Å²) in [4.78, 5) is 2.58. The number of rotatable bonds is 2. The van der Waals surface area contributed by atoms with E-state index in [0.717, 1.165) is 30.7 Å². The van der Waals surface area contributed by atoms with E-state index in [1.54, 1.807) is 0 Å². The first-order valence-electron chi connectivity index (χ1n) is 6.00. The summed E-state index contributed by atoms with van der Waals surface area (Å²) in [5, 5.41) is 0.831. The summed E-state index contributed by atoms with van der Waals surface area (Å²) in [7, 11) is 0. The molecular formula is C13H17ClN2. The van der Waals surface area contributed by atoms with Gasteiger partial charge in [-0.3, -0.25) is 4.90 Å². The highest BCUT2D eigenvalue weighted by atomic mass is 35.5. The Morgan fingerprint density at radius 3 is 2.88 bits per heavy atom. The third-order valence-electron chi connectivity index (χ3n) is 3.72. The van der Waals surface area contributed by atoms with Gasteiger partial charge in [-0.1, -0.05) is 17.7 Å². The van der Waals surface area contributed by atoms with Crippen LogP contribution in [0.2, 0.25) is 5.02 Å². The maximum absolute atomic E-state index is 6.06. The van der Waals surface area contributed by atoms with Gasteiger partial charge in [0.25, 0.3) is 0 Å². The van der Waals surface area contributed by atoms with Crippen LogP contribution in [-0.4, -0.2) is 24.0 Å². The Morgan fingerprint density at radius 2 is 2.19 bits per heavy atom. The Hall–Kier alpha value is -0.570. The van der Waals surface area contributed by atoms with Crippen LogP contribution in [-0.2, 0) is 6.54 Å². The molecule has 0 saturated heterocycles. The predicted molar refractivity (Wildman–Crippen MR) is 66.7 cm³/mol. The van der Waals surface area contributed by atoms with Crippen molar-refractivity contribution < 1.29 is 0 Å². The minimum atomic E-state index is 0.461. The van der Waals surface area contributed by atoms with Crippen LogP contribution in [0, 0.1) is 0 Å². The third kappa shape index (κ3) is 1.86. The SMILES string of the molecule is NCC1CN(C2CC2)Cc2ccc(Cl)cc21. The van der Waals surface area contributed by atoms with E-state index in [2.05, 4.69) is 17.0 Å². The van der Waals surface area contributed by atoms with Crippen molar-refractivity contribution in [3.63, 3.8) is 0 Å². The number of fused-ring (bicyclic) bond motifs is 1. The van der Waals surface area contributed by atoms with Crippen molar-refractivity contribution in [1.29, 1.82) is 0 Å². The van der Waals surface area contributed by atoms with E-state index in [-0.39, 0.29) is 0 Å². The van der Waals surface area contributed by atoms with Gasteiger partial charge in [0.1, 0.15) is 0 Å². The minimum absolute atomic E-state index is 0.461. The Bertz CT molecular complexity index is 401. The molecule has 1 unspecified atom stereocenters. The van der Waals surface area contributed by atoms with Gasteiger partial charge in [-0.25, -0.2) is 0 Å². The topological polar surface area (TPSA) is 29.3 Å². The van der Waals surface area contributed by atoms with Crippen molar-refractivity contribution in [1.82, 2.24) is 4.90 Å². The normalized spacial score (nSPS) is 25.5. The van der Waals surface area contributed by atoms with Crippen molar-refractivity contribution in [2.45, 2.75) is 31.3 Å². The van der Waals surface area contributed by atoms with Gasteiger partial charge in [-0.2, -0.15) is 0 Å². The Labute approximate surface area is 101 Å². The summed E-state index contributed by atoms with van der Waals surface area (Å²) in [6.07, 6.45) is 2.72. The molecular weight excluding hydrogens is 220 g/mol. The second-order valence-corrected chi connectivity index (χ2v) is 5.37. The molecule has 0 radical (unpaired) electrons. The molecule has 1 fully saturated rings. The molecule has 3 rings (SSSR count). The zero-order valence-corrected chi connectivity index (χ0v) is 10.1. The molecule has 2 aliphatic rings. The van der Waals surface area contributed by atoms with Gasteiger partial charge in [-0.05, 0) is 36.1 Å². The molecule has 1 aromatic rings. The van der Waals surface area contributed by atoms with E-state index in [4.69, 9.17) is 17.3 Å². The highest BCUT2D eigenvalue weighted by Crippen LogP contribution is 2.36. The number of nitrogens with zero attached hydrogens (tertiary/aromatic N) is 1. The highest BCUT2D eigenvalue weighted by molar-refractivity contribution is 6.30. The second-order valence-electron chi connectivity index (χ2n) is 4.94. The van der Waals surface area contributed by atoms with Crippen molar-refractivity contribution in [2.75, 3.05) is 13.1 Å². The lowest BCUT2D eigenvalue weighted by molar-refractivity contribution is 0.221. The molecule has 1 aliphatic heterocycles. The van der Waals surface area contributed by atoms with Gasteiger partial charge in [0, 0.05) is 36.6 Å². The summed E-state index contributed by atoms with van der Waals surface area (Å²) < 4.78 is 0. The van der Waals surface area contributed by atoms with Crippen LogP contribution in [0.5, 0.6) is 0 Å². The fourth-order valence-corrected chi connectivity index (χ4v) is 2.85. The molecule has 3 heteroatoms. The zero-order valence-electron chi connectivity index (χ0n) is 9.32. The molecule has 1 aromatic carbocycles. The van der Waals surface area contributed by atoms with E-state index in [0.29, 0.717) is 5.92 Å². The largest absolute Gasteiger partial charge is 0.330 e. The van der Waals surface area contributed by atoms with E-state index < -0.39 is 0 Å². The lowest BCUT2D eigenvalue weighted by Gasteiger charge is -2.34. The number of benzene rings is 1. The first-order valence-corrected chi connectivity index (χ1v) is 6.38. The van der Waals surface area contributed by atoms with E-state index in [1.807, 2.05) is 6.07 Å². The molecule has 2 nitrogen and oxygen atoms in total. The summed E-state index contributed by atoms with van der Waals surface area (Å²) in [5.41, 5.74) is 8.66. The fourth-order valence-electron chi connectivity index (χ4n) is 2.67. The minimum Gasteiger partial charge on any atom is -0.330 e. The standard InChI is InChI=1S/C13H17ClN2/c14-11-2-1-9-7-16(12-3-4-12)8-10(6-15)13(9)5-11/h1-2,5,10,12H,3-4,6-8,15H2. The lowest BCUT2D eigenvalue weighted by Crippen LogP contribution is -2.37. The van der Waals surface area contributed by atoms with E-state index in [1.165, 1.54) is 24.0 Å². The van der Waals surface area contributed by atoms with Crippen LogP contribution < -0.4 is 5.73 Å². The van der Waals surface area contributed by atoms with Crippen molar-refractivity contribution in [2.24, 2.45) is 5.73 Å². The highest BCUT2D eigenvalue weighted by Gasteiger charge is 2.34. The van der Waals surface area contributed by atoms with Gasteiger partial charge in [0.15, 0.2) is 0 Å². The molecule has 1 heterocycles. The molecule has 0 aromatic heterocycles. The zero-order chi connectivity index (χ0) is 11.1. The Morgan fingerprint density at radius 1 is 1.38 bits per heavy atom. The van der Waals surface area contributed by atoms with Crippen LogP contribution in [0.15, 0.2) is 18.2 Å². The third-order valence-corrected chi connectivity index (χ3v) is 3.96. The molecule has 16 heavy (non-hydrogen) atoms. The van der Waals surface area contributed by atoms with Crippen molar-refractivity contribution >= 4 is 11.6 Å². The van der Waals surface area contributed by atoms with Gasteiger partial charge >= 0.3 is 0 Å². The smallest absolute Gasteiger partial charge is 0.0409 e. The van der Waals surface area contributed by atoms with Crippen LogP contribution in [0.25, 0.3) is 0 Å². The molecule has 1 aliphatic carbocycles. The number of hydrogen-bond donors (Lipinski definition) is 1. The second kappa shape index (κ2) is 4.02. The van der Waals surface area contributed by atoms with Crippen LogP contribution in [0.3, 0.4) is 0 Å². The van der Waals surface area contributed by atoms with Gasteiger partial charge in [0.05, 0.1) is 0 Å². The van der Waals surface area contributed by atoms with Crippen molar-refractivity contribution in [3.8, 4) is 0 Å². The summed E-state index contributed by atoms with van der Waals surface area (Å²) in [6, 6.07) is 7.07. The molecule has 0 spiro atoms. The first-order chi connectivity index (χ1) is 7.78. The average molecular weight is 237 g/mol. The van der Waals surface area contributed by atoms with Crippen LogP contribution in [0.1, 0.15) is 29.9 Å².